The topological polar surface area (TPSA) is 177 Å². The average Bonchev–Trinajstić information content (AvgIpc) is 3.22. The summed E-state index contributed by atoms with van der Waals surface area (Å²) in [5.74, 6) is 0.714. The number of nitrogens with zero attached hydrogens (tertiary/aromatic N) is 5. The minimum absolute atomic E-state index is 0.0820. The zero-order valence-corrected chi connectivity index (χ0v) is 34.3. The highest BCUT2D eigenvalue weighted by atomic mass is 32.2. The van der Waals surface area contributed by atoms with Crippen LogP contribution in [0.4, 0.5) is 17.2 Å². The maximum atomic E-state index is 13.9. The van der Waals surface area contributed by atoms with Gasteiger partial charge in [-0.2, -0.15) is 0 Å². The molecular formula is C42H45N7O7S2. The molecule has 1 saturated heterocycles. The summed E-state index contributed by atoms with van der Waals surface area (Å²) >= 11 is 1.57. The summed E-state index contributed by atoms with van der Waals surface area (Å²) in [7, 11) is -4.50. The largest absolute Gasteiger partial charge is 0.494 e. The van der Waals surface area contributed by atoms with Crippen molar-refractivity contribution in [2.24, 2.45) is 0 Å². The third-order valence-corrected chi connectivity index (χ3v) is 11.8. The molecule has 302 valence electrons. The lowest BCUT2D eigenvalue weighted by molar-refractivity contribution is -0.384. The Hall–Kier alpha value is -6.00. The summed E-state index contributed by atoms with van der Waals surface area (Å²) in [6.07, 6.45) is 0. The lowest BCUT2D eigenvalue weighted by atomic mass is 9.84. The monoisotopic (exact) mass is 823 g/mol. The molecule has 5 aromatic rings. The molecule has 2 amide bonds. The fourth-order valence-corrected chi connectivity index (χ4v) is 8.07. The molecule has 1 aromatic heterocycles. The van der Waals surface area contributed by atoms with Gasteiger partial charge in [0.15, 0.2) is 11.5 Å². The molecule has 16 heteroatoms. The number of hydrogen-bond acceptors (Lipinski definition) is 12. The molecule has 0 aliphatic carbocycles. The molecule has 0 unspecified atom stereocenters. The third-order valence-electron chi connectivity index (χ3n) is 9.43. The van der Waals surface area contributed by atoms with Crippen molar-refractivity contribution in [1.82, 2.24) is 19.8 Å². The zero-order valence-electron chi connectivity index (χ0n) is 32.7. The van der Waals surface area contributed by atoms with E-state index in [4.69, 9.17) is 4.74 Å². The molecule has 6 rings (SSSR count). The number of thioether (sulfide) groups is 1. The second kappa shape index (κ2) is 18.1. The van der Waals surface area contributed by atoms with Crippen LogP contribution in [-0.2, 0) is 15.4 Å². The van der Waals surface area contributed by atoms with Crippen LogP contribution < -0.4 is 19.7 Å². The van der Waals surface area contributed by atoms with E-state index >= 15 is 0 Å². The number of nitro groups is 1. The second-order valence-electron chi connectivity index (χ2n) is 14.5. The Balaban J connectivity index is 1.06. The van der Waals surface area contributed by atoms with Crippen LogP contribution in [-0.4, -0.2) is 85.3 Å². The third kappa shape index (κ3) is 10.3. The van der Waals surface area contributed by atoms with Crippen LogP contribution in [0.1, 0.15) is 54.1 Å². The predicted octanol–water partition coefficient (Wildman–Crippen LogP) is 7.03. The van der Waals surface area contributed by atoms with Crippen LogP contribution >= 0.6 is 11.8 Å². The first-order chi connectivity index (χ1) is 27.7. The van der Waals surface area contributed by atoms with Gasteiger partial charge in [0.2, 0.25) is 0 Å². The van der Waals surface area contributed by atoms with Crippen LogP contribution in [0.25, 0.3) is 11.1 Å². The Labute approximate surface area is 342 Å². The molecule has 0 spiro atoms. The summed E-state index contributed by atoms with van der Waals surface area (Å²) in [6, 6.07) is 29.8. The van der Waals surface area contributed by atoms with Gasteiger partial charge in [-0.3, -0.25) is 19.7 Å². The first kappa shape index (κ1) is 41.6. The van der Waals surface area contributed by atoms with Gasteiger partial charge in [-0.1, -0.05) is 57.2 Å². The predicted molar refractivity (Wildman–Crippen MR) is 225 cm³/mol. The van der Waals surface area contributed by atoms with Gasteiger partial charge in [0.25, 0.3) is 27.5 Å². The summed E-state index contributed by atoms with van der Waals surface area (Å²) < 4.78 is 33.9. The van der Waals surface area contributed by atoms with E-state index < -0.39 is 31.4 Å². The van der Waals surface area contributed by atoms with Crippen LogP contribution in [0.3, 0.4) is 0 Å². The molecule has 0 bridgehead atoms. The Bertz CT molecular complexity index is 2380. The number of aromatic nitrogens is 2. The molecular weight excluding hydrogens is 779 g/mol. The fraction of sp³-hybridized carbons (Fsp3) is 0.286. The molecule has 2 N–H and O–H groups in total. The Kier molecular flexibility index (Phi) is 13.0. The molecule has 58 heavy (non-hydrogen) atoms. The molecule has 14 nitrogen and oxygen atoms in total. The first-order valence-electron chi connectivity index (χ1n) is 18.8. The normalized spacial score (nSPS) is 13.2. The van der Waals surface area contributed by atoms with Crippen molar-refractivity contribution < 1.29 is 27.7 Å². The molecule has 4 aromatic carbocycles. The summed E-state index contributed by atoms with van der Waals surface area (Å²) in [4.78, 5) is 42.4. The minimum Gasteiger partial charge on any atom is -0.494 e. The molecule has 0 saturated carbocycles. The Morgan fingerprint density at radius 2 is 1.64 bits per heavy atom. The van der Waals surface area contributed by atoms with Crippen LogP contribution in [0.2, 0.25) is 0 Å². The van der Waals surface area contributed by atoms with Crippen molar-refractivity contribution in [3.05, 3.63) is 130 Å². The van der Waals surface area contributed by atoms with Crippen LogP contribution in [0, 0.1) is 10.1 Å². The number of benzene rings is 4. The standard InChI is InChI=1S/C42H45N7O7S2/c1-5-56-33-11-9-10-29(27-33)30-24-31(26-32(25-30)42(2,3)4)41(51)48-21-19-47(20-22-48)39-17-16-37(44-45-39)40(50)46-58(54,55)35-14-15-36(38(28-35)49(52)53)43-18-23-57-34-12-7-6-8-13-34/h6-17,24-28,43H,5,18-23H2,1-4H3,(H,46,50). The summed E-state index contributed by atoms with van der Waals surface area (Å²) in [5, 5.41) is 23.0. The Morgan fingerprint density at radius 1 is 0.879 bits per heavy atom. The van der Waals surface area contributed by atoms with Gasteiger partial charge in [0.1, 0.15) is 11.4 Å². The smallest absolute Gasteiger partial charge is 0.293 e. The number of ether oxygens (including phenoxy) is 1. The van der Waals surface area contributed by atoms with Crippen molar-refractivity contribution in [1.29, 1.82) is 0 Å². The maximum Gasteiger partial charge on any atom is 0.293 e. The van der Waals surface area contributed by atoms with Gasteiger partial charge in [-0.15, -0.1) is 22.0 Å². The van der Waals surface area contributed by atoms with Gasteiger partial charge >= 0.3 is 0 Å². The number of hydrogen-bond donors (Lipinski definition) is 2. The van der Waals surface area contributed by atoms with E-state index in [1.165, 1.54) is 18.2 Å². The highest BCUT2D eigenvalue weighted by Crippen LogP contribution is 2.32. The van der Waals surface area contributed by atoms with E-state index in [0.717, 1.165) is 33.4 Å². The number of rotatable bonds is 14. The van der Waals surface area contributed by atoms with Crippen molar-refractivity contribution in [2.75, 3.05) is 55.3 Å². The number of nitrogens with one attached hydrogen (secondary N) is 2. The number of piperazine rings is 1. The van der Waals surface area contributed by atoms with Crippen molar-refractivity contribution in [3.8, 4) is 16.9 Å². The van der Waals surface area contributed by atoms with E-state index in [0.29, 0.717) is 56.5 Å². The quantitative estimate of drug-likeness (QED) is 0.0507. The zero-order chi connectivity index (χ0) is 41.5. The lowest BCUT2D eigenvalue weighted by Gasteiger charge is -2.35. The van der Waals surface area contributed by atoms with E-state index in [2.05, 4.69) is 42.4 Å². The van der Waals surface area contributed by atoms with Gasteiger partial charge < -0.3 is 19.9 Å². The minimum atomic E-state index is -4.50. The maximum absolute atomic E-state index is 13.9. The van der Waals surface area contributed by atoms with Gasteiger partial charge in [-0.25, -0.2) is 13.1 Å². The number of anilines is 2. The van der Waals surface area contributed by atoms with Crippen LogP contribution in [0.5, 0.6) is 5.75 Å². The molecule has 1 fully saturated rings. The van der Waals surface area contributed by atoms with Crippen molar-refractivity contribution in [2.45, 2.75) is 42.9 Å². The molecule has 0 atom stereocenters. The number of nitro benzene ring substituents is 1. The number of amides is 2. The SMILES string of the molecule is CCOc1cccc(-c2cc(C(=O)N3CCN(c4ccc(C(=O)NS(=O)(=O)c5ccc(NCCSc6ccccc6)c([N+](=O)[O-])c5)nn4)CC3)cc(C(C)(C)C)c2)c1. The average molecular weight is 824 g/mol. The molecule has 2 heterocycles. The second-order valence-corrected chi connectivity index (χ2v) is 17.4. The van der Waals surface area contributed by atoms with E-state index in [-0.39, 0.29) is 22.7 Å². The van der Waals surface area contributed by atoms with E-state index in [1.54, 1.807) is 22.7 Å². The summed E-state index contributed by atoms with van der Waals surface area (Å²) in [5.41, 5.74) is 2.78. The molecule has 1 aliphatic rings. The van der Waals surface area contributed by atoms with Gasteiger partial charge in [0, 0.05) is 55.0 Å². The Morgan fingerprint density at radius 3 is 2.31 bits per heavy atom. The summed E-state index contributed by atoms with van der Waals surface area (Å²) in [6.45, 7) is 11.0. The molecule has 1 aliphatic heterocycles. The van der Waals surface area contributed by atoms with Crippen molar-refractivity contribution in [3.63, 3.8) is 0 Å². The number of carbonyl (C=O) groups is 2. The first-order valence-corrected chi connectivity index (χ1v) is 21.2. The highest BCUT2D eigenvalue weighted by molar-refractivity contribution is 7.99. The number of sulfonamides is 1. The van der Waals surface area contributed by atoms with Gasteiger partial charge in [0.05, 0.1) is 16.4 Å². The van der Waals surface area contributed by atoms with E-state index in [1.807, 2.05) is 83.3 Å². The fourth-order valence-electron chi connectivity index (χ4n) is 6.30. The number of carbonyl (C=O) groups excluding carboxylic acids is 2. The lowest BCUT2D eigenvalue weighted by Crippen LogP contribution is -2.49. The van der Waals surface area contributed by atoms with Crippen molar-refractivity contribution >= 4 is 50.8 Å². The molecule has 0 radical (unpaired) electrons. The van der Waals surface area contributed by atoms with E-state index in [9.17, 15) is 28.1 Å². The van der Waals surface area contributed by atoms with Crippen LogP contribution in [0.15, 0.2) is 113 Å². The highest BCUT2D eigenvalue weighted by Gasteiger charge is 2.27. The van der Waals surface area contributed by atoms with Gasteiger partial charge in [-0.05, 0) is 89.7 Å².